The van der Waals surface area contributed by atoms with Gasteiger partial charge in [0.2, 0.25) is 0 Å². The van der Waals surface area contributed by atoms with Gasteiger partial charge in [-0.15, -0.1) is 6.58 Å². The highest BCUT2D eigenvalue weighted by Crippen LogP contribution is 2.14. The van der Waals surface area contributed by atoms with Crippen molar-refractivity contribution < 1.29 is 0 Å². The maximum atomic E-state index is 5.75. The first-order chi connectivity index (χ1) is 13.1. The van der Waals surface area contributed by atoms with E-state index in [0.717, 1.165) is 22.6 Å². The lowest BCUT2D eigenvalue weighted by atomic mass is 10.1. The summed E-state index contributed by atoms with van der Waals surface area (Å²) in [5, 5.41) is 0.757. The Morgan fingerprint density at radius 1 is 0.815 bits per heavy atom. The largest absolute Gasteiger partial charge is 0.103 e. The number of benzene rings is 3. The Morgan fingerprint density at radius 3 is 1.74 bits per heavy atom. The van der Waals surface area contributed by atoms with Gasteiger partial charge in [-0.3, -0.25) is 0 Å². The van der Waals surface area contributed by atoms with Gasteiger partial charge in [-0.1, -0.05) is 121 Å². The van der Waals surface area contributed by atoms with Crippen LogP contribution in [0.5, 0.6) is 0 Å². The third kappa shape index (κ3) is 9.44. The molecule has 27 heavy (non-hydrogen) atoms. The van der Waals surface area contributed by atoms with Gasteiger partial charge in [0, 0.05) is 5.02 Å². The van der Waals surface area contributed by atoms with Crippen LogP contribution in [0.3, 0.4) is 0 Å². The molecule has 0 amide bonds. The summed E-state index contributed by atoms with van der Waals surface area (Å²) in [6, 6.07) is 28.1. The molecule has 3 aromatic rings. The minimum absolute atomic E-state index is 0.757. The lowest BCUT2D eigenvalue weighted by Gasteiger charge is -1.94. The van der Waals surface area contributed by atoms with Gasteiger partial charge in [0.1, 0.15) is 0 Å². The van der Waals surface area contributed by atoms with Crippen LogP contribution in [-0.2, 0) is 6.42 Å². The molecule has 3 aromatic carbocycles. The van der Waals surface area contributed by atoms with Crippen LogP contribution in [0.1, 0.15) is 23.6 Å². The maximum absolute atomic E-state index is 5.75. The molecule has 0 aliphatic heterocycles. The zero-order chi connectivity index (χ0) is 19.9. The van der Waals surface area contributed by atoms with E-state index in [9.17, 15) is 0 Å². The molecule has 0 unspecified atom stereocenters. The number of rotatable bonds is 4. The molecule has 0 aliphatic rings. The SMILES string of the molecule is C=C(C)c1ccccc1.C=CCc1ccccc1.C=Cc1ccccc1Cl. The van der Waals surface area contributed by atoms with E-state index in [1.165, 1.54) is 11.1 Å². The zero-order valence-corrected chi connectivity index (χ0v) is 16.7. The van der Waals surface area contributed by atoms with Gasteiger partial charge in [-0.05, 0) is 36.1 Å². The first-order valence-corrected chi connectivity index (χ1v) is 9.19. The minimum Gasteiger partial charge on any atom is -0.103 e. The van der Waals surface area contributed by atoms with Crippen LogP contribution in [0.4, 0.5) is 0 Å². The highest BCUT2D eigenvalue weighted by atomic mass is 35.5. The second-order valence-electron chi connectivity index (χ2n) is 5.85. The first kappa shape index (κ1) is 22.2. The summed E-state index contributed by atoms with van der Waals surface area (Å²) in [5.74, 6) is 0. The molecule has 3 rings (SSSR count). The quantitative estimate of drug-likeness (QED) is 0.404. The van der Waals surface area contributed by atoms with Crippen molar-refractivity contribution in [1.29, 1.82) is 0 Å². The molecule has 0 nitrogen and oxygen atoms in total. The summed E-state index contributed by atoms with van der Waals surface area (Å²) >= 11 is 5.75. The van der Waals surface area contributed by atoms with Gasteiger partial charge in [-0.25, -0.2) is 0 Å². The van der Waals surface area contributed by atoms with E-state index in [1.54, 1.807) is 6.08 Å². The molecular weight excluding hydrogens is 348 g/mol. The van der Waals surface area contributed by atoms with Crippen molar-refractivity contribution in [3.8, 4) is 0 Å². The van der Waals surface area contributed by atoms with E-state index in [4.69, 9.17) is 11.6 Å². The summed E-state index contributed by atoms with van der Waals surface area (Å²) in [4.78, 5) is 0. The third-order valence-electron chi connectivity index (χ3n) is 3.61. The number of halogens is 1. The van der Waals surface area contributed by atoms with E-state index in [2.05, 4.69) is 44.0 Å². The van der Waals surface area contributed by atoms with Crippen molar-refractivity contribution >= 4 is 23.3 Å². The summed E-state index contributed by atoms with van der Waals surface area (Å²) < 4.78 is 0. The van der Waals surface area contributed by atoms with Gasteiger partial charge in [0.15, 0.2) is 0 Å². The van der Waals surface area contributed by atoms with Crippen LogP contribution in [0.15, 0.2) is 111 Å². The Morgan fingerprint density at radius 2 is 1.33 bits per heavy atom. The predicted octanol–water partition coefficient (Wildman–Crippen LogP) is 8.12. The third-order valence-corrected chi connectivity index (χ3v) is 3.96. The van der Waals surface area contributed by atoms with Crippen molar-refractivity contribution in [3.63, 3.8) is 0 Å². The Labute approximate surface area is 169 Å². The van der Waals surface area contributed by atoms with Crippen LogP contribution >= 0.6 is 11.6 Å². The molecular formula is C26H27Cl. The van der Waals surface area contributed by atoms with Crippen LogP contribution in [0.2, 0.25) is 5.02 Å². The van der Waals surface area contributed by atoms with Crippen LogP contribution < -0.4 is 0 Å². The normalized spacial score (nSPS) is 8.96. The van der Waals surface area contributed by atoms with Gasteiger partial charge in [0.05, 0.1) is 0 Å². The summed E-state index contributed by atoms with van der Waals surface area (Å²) in [5.41, 5.74) is 4.65. The van der Waals surface area contributed by atoms with Gasteiger partial charge in [-0.2, -0.15) is 0 Å². The summed E-state index contributed by atoms with van der Waals surface area (Å²) in [6.07, 6.45) is 4.62. The smallest absolute Gasteiger partial charge is 0.0478 e. The Bertz CT molecular complexity index is 817. The topological polar surface area (TPSA) is 0 Å². The lowest BCUT2D eigenvalue weighted by molar-refractivity contribution is 1.28. The fourth-order valence-electron chi connectivity index (χ4n) is 2.14. The van der Waals surface area contributed by atoms with Crippen molar-refractivity contribution in [1.82, 2.24) is 0 Å². The molecule has 0 saturated heterocycles. The van der Waals surface area contributed by atoms with Crippen molar-refractivity contribution in [2.75, 3.05) is 0 Å². The molecule has 0 bridgehead atoms. The van der Waals surface area contributed by atoms with E-state index < -0.39 is 0 Å². The van der Waals surface area contributed by atoms with E-state index in [-0.39, 0.29) is 0 Å². The first-order valence-electron chi connectivity index (χ1n) is 8.81. The number of hydrogen-bond donors (Lipinski definition) is 0. The zero-order valence-electron chi connectivity index (χ0n) is 15.9. The molecule has 0 fully saturated rings. The molecule has 138 valence electrons. The second kappa shape index (κ2) is 13.4. The standard InChI is InChI=1S/2C9H10.C8H7Cl/c1-8(2)9-6-4-3-5-7-9;1-2-6-9-7-4-3-5-8-9;1-2-7-5-3-4-6-8(7)9/h3-7H,1H2,2H3;2-5,7-8H,1,6H2;2-6H,1H2. The van der Waals surface area contributed by atoms with Gasteiger partial charge < -0.3 is 0 Å². The van der Waals surface area contributed by atoms with E-state index in [1.807, 2.05) is 73.7 Å². The molecule has 0 N–H and O–H groups in total. The number of allylic oxidation sites excluding steroid dienone is 2. The molecule has 0 aliphatic carbocycles. The Kier molecular flexibility index (Phi) is 11.0. The molecule has 0 saturated carbocycles. The summed E-state index contributed by atoms with van der Waals surface area (Å²) in [6.45, 7) is 13.1. The van der Waals surface area contributed by atoms with Crippen LogP contribution in [0, 0.1) is 0 Å². The van der Waals surface area contributed by atoms with Crippen LogP contribution in [0.25, 0.3) is 11.6 Å². The van der Waals surface area contributed by atoms with E-state index in [0.29, 0.717) is 0 Å². The fraction of sp³-hybridized carbons (Fsp3) is 0.0769. The lowest BCUT2D eigenvalue weighted by Crippen LogP contribution is -1.75. The fourth-order valence-corrected chi connectivity index (χ4v) is 2.36. The summed E-state index contributed by atoms with van der Waals surface area (Å²) in [7, 11) is 0. The van der Waals surface area contributed by atoms with Gasteiger partial charge in [0.25, 0.3) is 0 Å². The average Bonchev–Trinajstić information content (AvgIpc) is 2.71. The maximum Gasteiger partial charge on any atom is 0.0478 e. The molecule has 0 spiro atoms. The van der Waals surface area contributed by atoms with Crippen molar-refractivity contribution in [2.24, 2.45) is 0 Å². The highest BCUT2D eigenvalue weighted by molar-refractivity contribution is 6.32. The monoisotopic (exact) mass is 374 g/mol. The van der Waals surface area contributed by atoms with Gasteiger partial charge >= 0.3 is 0 Å². The van der Waals surface area contributed by atoms with Crippen LogP contribution in [-0.4, -0.2) is 0 Å². The second-order valence-corrected chi connectivity index (χ2v) is 6.26. The molecule has 0 radical (unpaired) electrons. The Hall–Kier alpha value is -2.83. The molecule has 1 heteroatoms. The van der Waals surface area contributed by atoms with Crippen molar-refractivity contribution in [3.05, 3.63) is 132 Å². The predicted molar refractivity (Wildman–Crippen MR) is 123 cm³/mol. The molecule has 0 atom stereocenters. The number of hydrogen-bond acceptors (Lipinski definition) is 0. The van der Waals surface area contributed by atoms with Crippen molar-refractivity contribution in [2.45, 2.75) is 13.3 Å². The minimum atomic E-state index is 0.757. The average molecular weight is 375 g/mol. The molecule has 0 heterocycles. The van der Waals surface area contributed by atoms with E-state index >= 15 is 0 Å². The highest BCUT2D eigenvalue weighted by Gasteiger charge is 1.89. The Balaban J connectivity index is 0.000000202. The molecule has 0 aromatic heterocycles.